The molecule has 0 bridgehead atoms. The number of likely N-dealkylation sites (tertiary alicyclic amines) is 1. The standard InChI is InChI=1S/C11H18BrN5O2S/c1-15-11(10(12)13-14-15)20(18,19)17-7-4-9(8-17)16-5-2-3-6-16/h9H,2-8H2,1H3. The van der Waals surface area contributed by atoms with Gasteiger partial charge in [-0.2, -0.15) is 4.31 Å². The molecule has 3 rings (SSSR count). The number of aromatic nitrogens is 3. The van der Waals surface area contributed by atoms with Crippen molar-refractivity contribution in [2.45, 2.75) is 30.3 Å². The smallest absolute Gasteiger partial charge is 0.263 e. The van der Waals surface area contributed by atoms with Gasteiger partial charge in [0.15, 0.2) is 4.60 Å². The third-order valence-corrected chi connectivity index (χ3v) is 6.86. The molecule has 0 amide bonds. The van der Waals surface area contributed by atoms with E-state index in [1.165, 1.54) is 17.5 Å². The van der Waals surface area contributed by atoms with Crippen molar-refractivity contribution in [1.29, 1.82) is 0 Å². The highest BCUT2D eigenvalue weighted by atomic mass is 79.9. The summed E-state index contributed by atoms with van der Waals surface area (Å²) in [5.41, 5.74) is 0. The largest absolute Gasteiger partial charge is 0.299 e. The van der Waals surface area contributed by atoms with Crippen molar-refractivity contribution in [1.82, 2.24) is 24.2 Å². The van der Waals surface area contributed by atoms with E-state index in [0.717, 1.165) is 19.5 Å². The predicted octanol–water partition coefficient (Wildman–Crippen LogP) is 0.436. The summed E-state index contributed by atoms with van der Waals surface area (Å²) in [5, 5.41) is 7.66. The normalized spacial score (nSPS) is 25.6. The zero-order valence-corrected chi connectivity index (χ0v) is 13.8. The molecule has 0 spiro atoms. The first kappa shape index (κ1) is 14.4. The van der Waals surface area contributed by atoms with Gasteiger partial charge in [-0.05, 0) is 48.3 Å². The van der Waals surface area contributed by atoms with Crippen LogP contribution in [0.3, 0.4) is 0 Å². The van der Waals surface area contributed by atoms with Crippen LogP contribution in [0.1, 0.15) is 19.3 Å². The minimum Gasteiger partial charge on any atom is -0.299 e. The Bertz CT molecular complexity index is 576. The first-order chi connectivity index (χ1) is 9.50. The van der Waals surface area contributed by atoms with E-state index < -0.39 is 10.0 Å². The molecule has 1 aromatic rings. The van der Waals surface area contributed by atoms with Gasteiger partial charge in [0.1, 0.15) is 0 Å². The third-order valence-electron chi connectivity index (χ3n) is 4.10. The molecule has 2 aliphatic heterocycles. The summed E-state index contributed by atoms with van der Waals surface area (Å²) in [7, 11) is -1.93. The van der Waals surface area contributed by atoms with Crippen molar-refractivity contribution in [3.05, 3.63) is 4.60 Å². The van der Waals surface area contributed by atoms with Crippen molar-refractivity contribution in [2.24, 2.45) is 7.05 Å². The third kappa shape index (κ3) is 2.40. The van der Waals surface area contributed by atoms with Crippen molar-refractivity contribution in [3.63, 3.8) is 0 Å². The van der Waals surface area contributed by atoms with Gasteiger partial charge in [0, 0.05) is 26.2 Å². The van der Waals surface area contributed by atoms with Gasteiger partial charge < -0.3 is 0 Å². The summed E-state index contributed by atoms with van der Waals surface area (Å²) in [6, 6.07) is 0.354. The summed E-state index contributed by atoms with van der Waals surface area (Å²) in [4.78, 5) is 2.41. The van der Waals surface area contributed by atoms with Crippen molar-refractivity contribution in [2.75, 3.05) is 26.2 Å². The molecule has 7 nitrogen and oxygen atoms in total. The van der Waals surface area contributed by atoms with Gasteiger partial charge >= 0.3 is 0 Å². The summed E-state index contributed by atoms with van der Waals surface area (Å²) >= 11 is 3.17. The van der Waals surface area contributed by atoms with Gasteiger partial charge in [0.05, 0.1) is 0 Å². The molecule has 3 heterocycles. The second-order valence-electron chi connectivity index (χ2n) is 5.36. The molecule has 1 atom stereocenters. The van der Waals surface area contributed by atoms with Gasteiger partial charge in [0.25, 0.3) is 10.0 Å². The lowest BCUT2D eigenvalue weighted by Crippen LogP contribution is -2.37. The number of sulfonamides is 1. The van der Waals surface area contributed by atoms with Crippen LogP contribution in [0.5, 0.6) is 0 Å². The van der Waals surface area contributed by atoms with Crippen LogP contribution in [-0.2, 0) is 17.1 Å². The Morgan fingerprint density at radius 1 is 1.25 bits per heavy atom. The summed E-state index contributed by atoms with van der Waals surface area (Å²) < 4.78 is 28.5. The molecule has 0 radical (unpaired) electrons. The average molecular weight is 364 g/mol. The summed E-state index contributed by atoms with van der Waals surface area (Å²) in [6.45, 7) is 3.33. The van der Waals surface area contributed by atoms with Crippen LogP contribution in [0.15, 0.2) is 9.63 Å². The zero-order valence-electron chi connectivity index (χ0n) is 11.4. The van der Waals surface area contributed by atoms with Gasteiger partial charge in [-0.25, -0.2) is 13.1 Å². The van der Waals surface area contributed by atoms with Crippen molar-refractivity contribution < 1.29 is 8.42 Å². The van der Waals surface area contributed by atoms with Gasteiger partial charge in [-0.15, -0.1) is 5.10 Å². The molecule has 0 N–H and O–H groups in total. The lowest BCUT2D eigenvalue weighted by Gasteiger charge is -2.23. The zero-order chi connectivity index (χ0) is 14.3. The van der Waals surface area contributed by atoms with Crippen molar-refractivity contribution >= 4 is 26.0 Å². The number of nitrogens with zero attached hydrogens (tertiary/aromatic N) is 5. The van der Waals surface area contributed by atoms with Crippen LogP contribution in [0, 0.1) is 0 Å². The maximum Gasteiger partial charge on any atom is 0.263 e. The highest BCUT2D eigenvalue weighted by Crippen LogP contribution is 2.28. The Balaban J connectivity index is 1.80. The Morgan fingerprint density at radius 2 is 1.95 bits per heavy atom. The quantitative estimate of drug-likeness (QED) is 0.778. The number of hydrogen-bond donors (Lipinski definition) is 0. The summed E-state index contributed by atoms with van der Waals surface area (Å²) in [6.07, 6.45) is 3.35. The number of aryl methyl sites for hydroxylation is 1. The molecular formula is C11H18BrN5O2S. The van der Waals surface area contributed by atoms with E-state index in [2.05, 4.69) is 31.1 Å². The molecule has 0 aromatic carbocycles. The Morgan fingerprint density at radius 3 is 2.55 bits per heavy atom. The minimum absolute atomic E-state index is 0.138. The van der Waals surface area contributed by atoms with Crippen LogP contribution in [-0.4, -0.2) is 64.8 Å². The molecule has 2 fully saturated rings. The molecule has 0 aliphatic carbocycles. The maximum absolute atomic E-state index is 12.7. The van der Waals surface area contributed by atoms with E-state index in [4.69, 9.17) is 0 Å². The van der Waals surface area contributed by atoms with Gasteiger partial charge in [-0.1, -0.05) is 5.21 Å². The molecule has 2 saturated heterocycles. The number of halogens is 1. The summed E-state index contributed by atoms with van der Waals surface area (Å²) in [5.74, 6) is 0. The van der Waals surface area contributed by atoms with Crippen LogP contribution >= 0.6 is 15.9 Å². The fourth-order valence-corrected chi connectivity index (χ4v) is 5.58. The van der Waals surface area contributed by atoms with E-state index >= 15 is 0 Å². The lowest BCUT2D eigenvalue weighted by molar-refractivity contribution is 0.251. The molecular weight excluding hydrogens is 346 g/mol. The van der Waals surface area contributed by atoms with E-state index in [1.54, 1.807) is 11.4 Å². The fourth-order valence-electron chi connectivity index (χ4n) is 3.05. The molecule has 112 valence electrons. The lowest BCUT2D eigenvalue weighted by atomic mass is 10.2. The predicted molar refractivity (Wildman–Crippen MR) is 76.7 cm³/mol. The second kappa shape index (κ2) is 5.36. The highest BCUT2D eigenvalue weighted by molar-refractivity contribution is 9.10. The highest BCUT2D eigenvalue weighted by Gasteiger charge is 2.38. The molecule has 2 aliphatic rings. The van der Waals surface area contributed by atoms with Gasteiger partial charge in [0.2, 0.25) is 5.03 Å². The van der Waals surface area contributed by atoms with E-state index in [-0.39, 0.29) is 9.63 Å². The topological polar surface area (TPSA) is 71.3 Å². The van der Waals surface area contributed by atoms with E-state index in [9.17, 15) is 8.42 Å². The van der Waals surface area contributed by atoms with Gasteiger partial charge in [-0.3, -0.25) is 4.90 Å². The Labute approximate surface area is 127 Å². The fraction of sp³-hybridized carbons (Fsp3) is 0.818. The molecule has 0 saturated carbocycles. The molecule has 20 heavy (non-hydrogen) atoms. The van der Waals surface area contributed by atoms with E-state index in [1.807, 2.05) is 0 Å². The second-order valence-corrected chi connectivity index (χ2v) is 7.96. The number of hydrogen-bond acceptors (Lipinski definition) is 5. The van der Waals surface area contributed by atoms with Crippen LogP contribution in [0.25, 0.3) is 0 Å². The van der Waals surface area contributed by atoms with Crippen LogP contribution < -0.4 is 0 Å². The molecule has 1 unspecified atom stereocenters. The minimum atomic E-state index is -3.52. The first-order valence-corrected chi connectivity index (χ1v) is 9.03. The van der Waals surface area contributed by atoms with E-state index in [0.29, 0.717) is 19.1 Å². The molecule has 1 aromatic heterocycles. The Hall–Kier alpha value is -0.510. The number of rotatable bonds is 3. The monoisotopic (exact) mass is 363 g/mol. The Kier molecular flexibility index (Phi) is 3.87. The van der Waals surface area contributed by atoms with Crippen molar-refractivity contribution in [3.8, 4) is 0 Å². The van der Waals surface area contributed by atoms with Crippen LogP contribution in [0.2, 0.25) is 0 Å². The average Bonchev–Trinajstić information content (AvgIpc) is 3.08. The van der Waals surface area contributed by atoms with Crippen LogP contribution in [0.4, 0.5) is 0 Å². The molecule has 9 heteroatoms. The first-order valence-electron chi connectivity index (χ1n) is 6.79. The maximum atomic E-state index is 12.7. The SMILES string of the molecule is Cn1nnc(Br)c1S(=O)(=O)N1CCC(N2CCCC2)C1.